The van der Waals surface area contributed by atoms with Crippen molar-refractivity contribution in [3.05, 3.63) is 84.1 Å². The van der Waals surface area contributed by atoms with Gasteiger partial charge in [-0.1, -0.05) is 6.07 Å². The van der Waals surface area contributed by atoms with Crippen molar-refractivity contribution >= 4 is 5.91 Å². The van der Waals surface area contributed by atoms with Crippen LogP contribution in [0, 0.1) is 0 Å². The Balaban J connectivity index is 1.54. The van der Waals surface area contributed by atoms with E-state index in [0.29, 0.717) is 25.3 Å². The lowest BCUT2D eigenvalue weighted by Crippen LogP contribution is -2.30. The van der Waals surface area contributed by atoms with Gasteiger partial charge in [0.1, 0.15) is 5.69 Å². The molecular formula is C21H19N7O. The molecule has 8 nitrogen and oxygen atoms in total. The lowest BCUT2D eigenvalue weighted by molar-refractivity contribution is 0.0722. The van der Waals surface area contributed by atoms with Crippen molar-refractivity contribution in [1.29, 1.82) is 0 Å². The second-order valence-corrected chi connectivity index (χ2v) is 7.10. The fourth-order valence-electron chi connectivity index (χ4n) is 3.70. The minimum Gasteiger partial charge on any atom is -0.352 e. The Morgan fingerprint density at radius 2 is 2.00 bits per heavy atom. The number of pyridine rings is 1. The fourth-order valence-corrected chi connectivity index (χ4v) is 3.70. The molecule has 8 heteroatoms. The summed E-state index contributed by atoms with van der Waals surface area (Å²) < 4.78 is 3.95. The van der Waals surface area contributed by atoms with Crippen molar-refractivity contribution in [3.63, 3.8) is 0 Å². The highest BCUT2D eigenvalue weighted by atomic mass is 16.2. The smallest absolute Gasteiger partial charge is 0.274 e. The van der Waals surface area contributed by atoms with Gasteiger partial charge in [0.2, 0.25) is 0 Å². The lowest BCUT2D eigenvalue weighted by Gasteiger charge is -2.21. The van der Waals surface area contributed by atoms with Crippen LogP contribution >= 0.6 is 0 Å². The zero-order chi connectivity index (χ0) is 19.8. The number of aromatic nitrogens is 6. The average molecular weight is 385 g/mol. The second-order valence-electron chi connectivity index (χ2n) is 7.10. The molecule has 29 heavy (non-hydrogen) atoms. The van der Waals surface area contributed by atoms with Crippen molar-refractivity contribution in [2.24, 2.45) is 7.05 Å². The van der Waals surface area contributed by atoms with Gasteiger partial charge >= 0.3 is 0 Å². The molecule has 0 saturated heterocycles. The third-order valence-electron chi connectivity index (χ3n) is 5.13. The number of nitrogens with zero attached hydrogens (tertiary/aromatic N) is 7. The lowest BCUT2D eigenvalue weighted by atomic mass is 10.1. The van der Waals surface area contributed by atoms with E-state index in [4.69, 9.17) is 5.10 Å². The van der Waals surface area contributed by atoms with E-state index in [9.17, 15) is 4.79 Å². The SMILES string of the molecule is Cn1ccc2c1CN(C(=O)c1cnccn1)Cc1cn(Cc3cccnc3)nc1-2. The maximum atomic E-state index is 13.1. The number of hydrogen-bond acceptors (Lipinski definition) is 5. The first kappa shape index (κ1) is 17.3. The largest absolute Gasteiger partial charge is 0.352 e. The molecular weight excluding hydrogens is 366 g/mol. The van der Waals surface area contributed by atoms with E-state index in [1.807, 2.05) is 47.0 Å². The van der Waals surface area contributed by atoms with E-state index in [-0.39, 0.29) is 5.91 Å². The van der Waals surface area contributed by atoms with Crippen LogP contribution in [0.5, 0.6) is 0 Å². The predicted molar refractivity (Wildman–Crippen MR) is 106 cm³/mol. The Hall–Kier alpha value is -3.81. The van der Waals surface area contributed by atoms with Gasteiger partial charge in [-0.15, -0.1) is 0 Å². The van der Waals surface area contributed by atoms with Crippen LogP contribution in [0.25, 0.3) is 11.3 Å². The molecule has 144 valence electrons. The predicted octanol–water partition coefficient (Wildman–Crippen LogP) is 2.28. The Labute approximate surface area is 167 Å². The molecule has 0 unspecified atom stereocenters. The summed E-state index contributed by atoms with van der Waals surface area (Å²) >= 11 is 0. The standard InChI is InChI=1S/C21H19N7O/c1-26-8-4-17-19(26)14-27(21(29)18-10-23-6-7-24-18)12-16-13-28(25-20(16)17)11-15-3-2-5-22-9-15/h2-10,13H,11-12,14H2,1H3. The Bertz CT molecular complexity index is 1160. The van der Waals surface area contributed by atoms with Gasteiger partial charge in [0, 0.05) is 61.0 Å². The van der Waals surface area contributed by atoms with Gasteiger partial charge in [-0.05, 0) is 17.7 Å². The minimum absolute atomic E-state index is 0.141. The third-order valence-corrected chi connectivity index (χ3v) is 5.13. The number of carbonyl (C=O) groups is 1. The quantitative estimate of drug-likeness (QED) is 0.540. The van der Waals surface area contributed by atoms with Crippen LogP contribution in [0.15, 0.2) is 61.6 Å². The molecule has 1 aliphatic rings. The van der Waals surface area contributed by atoms with E-state index in [0.717, 1.165) is 28.1 Å². The first-order chi connectivity index (χ1) is 14.2. The van der Waals surface area contributed by atoms with E-state index in [1.54, 1.807) is 17.3 Å². The molecule has 0 fully saturated rings. The van der Waals surface area contributed by atoms with Crippen molar-refractivity contribution < 1.29 is 4.79 Å². The average Bonchev–Trinajstić information content (AvgIpc) is 3.27. The van der Waals surface area contributed by atoms with Crippen LogP contribution in [-0.2, 0) is 26.7 Å². The molecule has 1 amide bonds. The molecule has 0 aromatic carbocycles. The second kappa shape index (κ2) is 6.97. The monoisotopic (exact) mass is 385 g/mol. The molecule has 4 aromatic heterocycles. The molecule has 0 N–H and O–H groups in total. The van der Waals surface area contributed by atoms with Crippen molar-refractivity contribution in [3.8, 4) is 11.3 Å². The molecule has 0 spiro atoms. The third kappa shape index (κ3) is 3.18. The zero-order valence-corrected chi connectivity index (χ0v) is 15.9. The highest BCUT2D eigenvalue weighted by Gasteiger charge is 2.28. The molecule has 0 aliphatic carbocycles. The minimum atomic E-state index is -0.141. The van der Waals surface area contributed by atoms with E-state index in [2.05, 4.69) is 21.0 Å². The zero-order valence-electron chi connectivity index (χ0n) is 15.9. The number of amides is 1. The topological polar surface area (TPSA) is 81.7 Å². The number of fused-ring (bicyclic) bond motifs is 3. The highest BCUT2D eigenvalue weighted by molar-refractivity contribution is 5.92. The molecule has 0 atom stereocenters. The Morgan fingerprint density at radius 3 is 2.79 bits per heavy atom. The van der Waals surface area contributed by atoms with Crippen molar-refractivity contribution in [2.75, 3.05) is 0 Å². The summed E-state index contributed by atoms with van der Waals surface area (Å²) in [6.07, 6.45) is 12.2. The molecule has 5 heterocycles. The molecule has 0 bridgehead atoms. The molecule has 1 aliphatic heterocycles. The van der Waals surface area contributed by atoms with Gasteiger partial charge in [-0.2, -0.15) is 5.10 Å². The summed E-state index contributed by atoms with van der Waals surface area (Å²) in [7, 11) is 1.99. The first-order valence-electron chi connectivity index (χ1n) is 9.34. The highest BCUT2D eigenvalue weighted by Crippen LogP contribution is 2.32. The van der Waals surface area contributed by atoms with Crippen LogP contribution < -0.4 is 0 Å². The van der Waals surface area contributed by atoms with E-state index in [1.165, 1.54) is 12.4 Å². The van der Waals surface area contributed by atoms with Gasteiger partial charge in [0.15, 0.2) is 0 Å². The number of aryl methyl sites for hydroxylation is 1. The van der Waals surface area contributed by atoms with E-state index < -0.39 is 0 Å². The Kier molecular flexibility index (Phi) is 4.16. The summed E-state index contributed by atoms with van der Waals surface area (Å²) in [6.45, 7) is 1.58. The number of rotatable bonds is 3. The van der Waals surface area contributed by atoms with Gasteiger partial charge in [-0.25, -0.2) is 4.98 Å². The molecule has 5 rings (SSSR count). The van der Waals surface area contributed by atoms with Crippen LogP contribution in [0.1, 0.15) is 27.3 Å². The maximum Gasteiger partial charge on any atom is 0.274 e. The molecule has 0 saturated carbocycles. The van der Waals surface area contributed by atoms with Gasteiger partial charge in [0.25, 0.3) is 5.91 Å². The summed E-state index contributed by atoms with van der Waals surface area (Å²) in [5.74, 6) is -0.141. The number of carbonyl (C=O) groups excluding carboxylic acids is 1. The van der Waals surface area contributed by atoms with Crippen molar-refractivity contribution in [2.45, 2.75) is 19.6 Å². The normalized spacial score (nSPS) is 12.9. The van der Waals surface area contributed by atoms with E-state index >= 15 is 0 Å². The summed E-state index contributed by atoms with van der Waals surface area (Å²) in [5, 5.41) is 4.84. The number of hydrogen-bond donors (Lipinski definition) is 0. The van der Waals surface area contributed by atoms with Gasteiger partial charge < -0.3 is 9.47 Å². The van der Waals surface area contributed by atoms with Crippen LogP contribution in [0.2, 0.25) is 0 Å². The first-order valence-corrected chi connectivity index (χ1v) is 9.34. The summed E-state index contributed by atoms with van der Waals surface area (Å²) in [6, 6.07) is 6.00. The van der Waals surface area contributed by atoms with Gasteiger partial charge in [0.05, 0.1) is 31.5 Å². The van der Waals surface area contributed by atoms with Gasteiger partial charge in [-0.3, -0.25) is 19.4 Å². The summed E-state index contributed by atoms with van der Waals surface area (Å²) in [4.78, 5) is 27.3. The Morgan fingerprint density at radius 1 is 1.10 bits per heavy atom. The summed E-state index contributed by atoms with van der Waals surface area (Å²) in [5.41, 5.74) is 5.45. The van der Waals surface area contributed by atoms with Crippen molar-refractivity contribution in [1.82, 2.24) is 34.2 Å². The molecule has 0 radical (unpaired) electrons. The maximum absolute atomic E-state index is 13.1. The van der Waals surface area contributed by atoms with Crippen LogP contribution in [0.3, 0.4) is 0 Å². The molecule has 4 aromatic rings. The fraction of sp³-hybridized carbons (Fsp3) is 0.190. The van der Waals surface area contributed by atoms with Crippen LogP contribution in [-0.4, -0.2) is 40.1 Å². The van der Waals surface area contributed by atoms with Crippen LogP contribution in [0.4, 0.5) is 0 Å².